The Labute approximate surface area is 156 Å². The number of amides is 1. The topological polar surface area (TPSA) is 32.3 Å². The average Bonchev–Trinajstić information content (AvgIpc) is 2.83. The van der Waals surface area contributed by atoms with Crippen LogP contribution in [0, 0.1) is 0 Å². The molecule has 1 saturated carbocycles. The molecule has 2 aromatic carbocycles. The normalized spacial score (nSPS) is 17.9. The molecule has 1 N–H and O–H groups in total. The fourth-order valence-electron chi connectivity index (χ4n) is 4.18. The zero-order chi connectivity index (χ0) is 17.9. The molecule has 0 aromatic heterocycles. The zero-order valence-electron chi connectivity index (χ0n) is 15.6. The van der Waals surface area contributed by atoms with Crippen molar-refractivity contribution in [3.63, 3.8) is 0 Å². The molecule has 26 heavy (non-hydrogen) atoms. The lowest BCUT2D eigenvalue weighted by atomic mass is 9.91. The minimum absolute atomic E-state index is 0.0300. The standard InChI is InChI=1S/C23H28N2O/c1-24-23(26)20-9-5-17(6-10-20)15-18-7-8-19-11-13-25(22-3-2-4-22)14-12-21(19)16-18/h5-10,16,22H,2-4,11-15H2,1H3,(H,24,26). The number of carbonyl (C=O) groups is 1. The lowest BCUT2D eigenvalue weighted by Gasteiger charge is -2.36. The van der Waals surface area contributed by atoms with Gasteiger partial charge in [-0.15, -0.1) is 0 Å². The first-order valence-corrected chi connectivity index (χ1v) is 9.88. The summed E-state index contributed by atoms with van der Waals surface area (Å²) in [6.45, 7) is 2.43. The van der Waals surface area contributed by atoms with E-state index >= 15 is 0 Å². The number of hydrogen-bond donors (Lipinski definition) is 1. The number of nitrogens with zero attached hydrogens (tertiary/aromatic N) is 1. The lowest BCUT2D eigenvalue weighted by molar-refractivity contribution is 0.0963. The summed E-state index contributed by atoms with van der Waals surface area (Å²) in [5.74, 6) is -0.0300. The molecule has 4 rings (SSSR count). The van der Waals surface area contributed by atoms with Crippen LogP contribution in [0.15, 0.2) is 42.5 Å². The van der Waals surface area contributed by atoms with Gasteiger partial charge in [-0.1, -0.05) is 36.8 Å². The van der Waals surface area contributed by atoms with Crippen LogP contribution in [0.5, 0.6) is 0 Å². The van der Waals surface area contributed by atoms with Gasteiger partial charge in [0, 0.05) is 31.7 Å². The summed E-state index contributed by atoms with van der Waals surface area (Å²) in [5.41, 5.74) is 6.40. The van der Waals surface area contributed by atoms with Crippen LogP contribution in [0.25, 0.3) is 0 Å². The number of benzene rings is 2. The highest BCUT2D eigenvalue weighted by Gasteiger charge is 2.26. The number of hydrogen-bond acceptors (Lipinski definition) is 2. The van der Waals surface area contributed by atoms with Crippen LogP contribution in [0.2, 0.25) is 0 Å². The highest BCUT2D eigenvalue weighted by atomic mass is 16.1. The van der Waals surface area contributed by atoms with Gasteiger partial charge in [0.1, 0.15) is 0 Å². The summed E-state index contributed by atoms with van der Waals surface area (Å²) < 4.78 is 0. The first-order valence-electron chi connectivity index (χ1n) is 9.88. The molecule has 3 heteroatoms. The van der Waals surface area contributed by atoms with Gasteiger partial charge in [-0.3, -0.25) is 9.69 Å². The van der Waals surface area contributed by atoms with E-state index in [1.807, 2.05) is 12.1 Å². The fraction of sp³-hybridized carbons (Fsp3) is 0.435. The average molecular weight is 348 g/mol. The molecule has 0 bridgehead atoms. The Hall–Kier alpha value is -2.13. The van der Waals surface area contributed by atoms with Gasteiger partial charge in [-0.25, -0.2) is 0 Å². The van der Waals surface area contributed by atoms with Crippen molar-refractivity contribution >= 4 is 5.91 Å². The van der Waals surface area contributed by atoms with Crippen molar-refractivity contribution in [2.45, 2.75) is 44.6 Å². The molecular formula is C23H28N2O. The summed E-state index contributed by atoms with van der Waals surface area (Å²) in [6, 6.07) is 15.8. The Morgan fingerprint density at radius 2 is 1.69 bits per heavy atom. The summed E-state index contributed by atoms with van der Waals surface area (Å²) in [7, 11) is 1.66. The third-order valence-electron chi connectivity index (χ3n) is 6.05. The molecule has 0 spiro atoms. The molecule has 2 aliphatic rings. The van der Waals surface area contributed by atoms with Gasteiger partial charge in [-0.05, 0) is 66.5 Å². The molecule has 0 saturated heterocycles. The molecule has 0 atom stereocenters. The molecule has 1 aliphatic heterocycles. The van der Waals surface area contributed by atoms with Gasteiger partial charge >= 0.3 is 0 Å². The number of nitrogens with one attached hydrogen (secondary N) is 1. The molecule has 0 unspecified atom stereocenters. The van der Waals surface area contributed by atoms with E-state index < -0.39 is 0 Å². The van der Waals surface area contributed by atoms with E-state index in [0.29, 0.717) is 5.56 Å². The summed E-state index contributed by atoms with van der Waals surface area (Å²) >= 11 is 0. The van der Waals surface area contributed by atoms with Crippen LogP contribution in [-0.2, 0) is 19.3 Å². The van der Waals surface area contributed by atoms with Gasteiger partial charge in [-0.2, -0.15) is 0 Å². The zero-order valence-corrected chi connectivity index (χ0v) is 15.6. The van der Waals surface area contributed by atoms with E-state index in [2.05, 4.69) is 40.5 Å². The van der Waals surface area contributed by atoms with Crippen LogP contribution in [0.1, 0.15) is 51.9 Å². The van der Waals surface area contributed by atoms with E-state index in [0.717, 1.165) is 12.5 Å². The summed E-state index contributed by atoms with van der Waals surface area (Å²) in [4.78, 5) is 14.4. The van der Waals surface area contributed by atoms with Crippen LogP contribution >= 0.6 is 0 Å². The Balaban J connectivity index is 1.44. The number of fused-ring (bicyclic) bond motifs is 1. The van der Waals surface area contributed by atoms with Crippen molar-refractivity contribution < 1.29 is 4.79 Å². The van der Waals surface area contributed by atoms with Crippen molar-refractivity contribution in [2.75, 3.05) is 20.1 Å². The van der Waals surface area contributed by atoms with Crippen molar-refractivity contribution in [1.29, 1.82) is 0 Å². The van der Waals surface area contributed by atoms with Gasteiger partial charge in [0.25, 0.3) is 5.91 Å². The fourth-order valence-corrected chi connectivity index (χ4v) is 4.18. The third-order valence-corrected chi connectivity index (χ3v) is 6.05. The second-order valence-electron chi connectivity index (χ2n) is 7.68. The van der Waals surface area contributed by atoms with Crippen LogP contribution < -0.4 is 5.32 Å². The predicted molar refractivity (Wildman–Crippen MR) is 106 cm³/mol. The Kier molecular flexibility index (Phi) is 5.07. The monoisotopic (exact) mass is 348 g/mol. The molecule has 1 heterocycles. The number of rotatable bonds is 4. The molecule has 3 nitrogen and oxygen atoms in total. The van der Waals surface area contributed by atoms with E-state index in [4.69, 9.17) is 0 Å². The second-order valence-corrected chi connectivity index (χ2v) is 7.68. The van der Waals surface area contributed by atoms with Gasteiger partial charge in [0.15, 0.2) is 0 Å². The Morgan fingerprint density at radius 3 is 2.35 bits per heavy atom. The Morgan fingerprint density at radius 1 is 1.00 bits per heavy atom. The van der Waals surface area contributed by atoms with E-state index in [-0.39, 0.29) is 5.91 Å². The summed E-state index contributed by atoms with van der Waals surface area (Å²) in [6.07, 6.45) is 7.49. The smallest absolute Gasteiger partial charge is 0.251 e. The molecule has 136 valence electrons. The lowest BCUT2D eigenvalue weighted by Crippen LogP contribution is -2.41. The van der Waals surface area contributed by atoms with Crippen molar-refractivity contribution in [2.24, 2.45) is 0 Å². The minimum atomic E-state index is -0.0300. The highest BCUT2D eigenvalue weighted by molar-refractivity contribution is 5.93. The SMILES string of the molecule is CNC(=O)c1ccc(Cc2ccc3c(c2)CCN(C2CCC2)CC3)cc1. The van der Waals surface area contributed by atoms with Gasteiger partial charge in [0.2, 0.25) is 0 Å². The second kappa shape index (κ2) is 7.63. The molecule has 2 aromatic rings. The van der Waals surface area contributed by atoms with Crippen molar-refractivity contribution in [3.05, 3.63) is 70.3 Å². The maximum Gasteiger partial charge on any atom is 0.251 e. The molecule has 1 amide bonds. The maximum absolute atomic E-state index is 11.7. The first kappa shape index (κ1) is 17.3. The minimum Gasteiger partial charge on any atom is -0.355 e. The molecular weight excluding hydrogens is 320 g/mol. The molecule has 1 fully saturated rings. The van der Waals surface area contributed by atoms with E-state index in [9.17, 15) is 4.79 Å². The van der Waals surface area contributed by atoms with Crippen LogP contribution in [0.3, 0.4) is 0 Å². The van der Waals surface area contributed by atoms with Gasteiger partial charge < -0.3 is 5.32 Å². The molecule has 1 aliphatic carbocycles. The first-order chi connectivity index (χ1) is 12.7. The van der Waals surface area contributed by atoms with Crippen molar-refractivity contribution in [3.8, 4) is 0 Å². The number of carbonyl (C=O) groups excluding carboxylic acids is 1. The largest absolute Gasteiger partial charge is 0.355 e. The van der Waals surface area contributed by atoms with Crippen LogP contribution in [-0.4, -0.2) is 37.0 Å². The van der Waals surface area contributed by atoms with E-state index in [1.54, 1.807) is 7.05 Å². The highest BCUT2D eigenvalue weighted by Crippen LogP contribution is 2.28. The van der Waals surface area contributed by atoms with E-state index in [1.165, 1.54) is 67.4 Å². The quantitative estimate of drug-likeness (QED) is 0.916. The Bertz CT molecular complexity index is 777. The molecule has 0 radical (unpaired) electrons. The van der Waals surface area contributed by atoms with Crippen LogP contribution in [0.4, 0.5) is 0 Å². The predicted octanol–water partition coefficient (Wildman–Crippen LogP) is 3.59. The maximum atomic E-state index is 11.7. The third kappa shape index (κ3) is 3.68. The summed E-state index contributed by atoms with van der Waals surface area (Å²) in [5, 5.41) is 2.67. The van der Waals surface area contributed by atoms with Gasteiger partial charge in [0.05, 0.1) is 0 Å². The van der Waals surface area contributed by atoms with Crippen molar-refractivity contribution in [1.82, 2.24) is 10.2 Å².